The lowest BCUT2D eigenvalue weighted by Gasteiger charge is -2.26. The van der Waals surface area contributed by atoms with Crippen LogP contribution in [0.4, 0.5) is 5.00 Å². The van der Waals surface area contributed by atoms with Crippen LogP contribution in [0.1, 0.15) is 78.3 Å². The van der Waals surface area contributed by atoms with Crippen molar-refractivity contribution in [3.8, 4) is 0 Å². The molecule has 2 aromatic carbocycles. The summed E-state index contributed by atoms with van der Waals surface area (Å²) in [6, 6.07) is 11.4. The van der Waals surface area contributed by atoms with Crippen LogP contribution in [0.15, 0.2) is 36.4 Å². The van der Waals surface area contributed by atoms with Crippen molar-refractivity contribution < 1.29 is 38.2 Å². The van der Waals surface area contributed by atoms with E-state index in [9.17, 15) is 24.0 Å². The van der Waals surface area contributed by atoms with Crippen LogP contribution in [0.5, 0.6) is 0 Å². The fourth-order valence-corrected chi connectivity index (χ4v) is 6.03. The van der Waals surface area contributed by atoms with Crippen LogP contribution in [0.3, 0.4) is 0 Å². The lowest BCUT2D eigenvalue weighted by atomic mass is 9.99. The fourth-order valence-electron chi connectivity index (χ4n) is 4.89. The minimum absolute atomic E-state index is 0.0242. The Bertz CT molecular complexity index is 1640. The summed E-state index contributed by atoms with van der Waals surface area (Å²) in [5, 5.41) is 4.46. The number of benzene rings is 2. The zero-order valence-corrected chi connectivity index (χ0v) is 25.1. The number of thiophene rings is 1. The molecule has 2 aliphatic rings. The zero-order valence-electron chi connectivity index (χ0n) is 24.3. The third-order valence-electron chi connectivity index (χ3n) is 6.63. The smallest absolute Gasteiger partial charge is 0.397 e. The van der Waals surface area contributed by atoms with Crippen molar-refractivity contribution in [1.29, 1.82) is 0 Å². The Morgan fingerprint density at radius 2 is 1.62 bits per heavy atom. The molecule has 1 N–H and O–H groups in total. The molecule has 3 aromatic rings. The first-order valence-corrected chi connectivity index (χ1v) is 14.3. The fraction of sp³-hybridized carbons (Fsp3) is 0.387. The number of imide groups is 1. The molecule has 0 radical (unpaired) electrons. The summed E-state index contributed by atoms with van der Waals surface area (Å²) >= 11 is 1.06. The molecule has 42 heavy (non-hydrogen) atoms. The number of esters is 2. The summed E-state index contributed by atoms with van der Waals surface area (Å²) in [5.41, 5.74) is -0.0108. The quantitative estimate of drug-likeness (QED) is 0.262. The van der Waals surface area contributed by atoms with E-state index in [2.05, 4.69) is 5.32 Å². The van der Waals surface area contributed by atoms with Gasteiger partial charge in [0.1, 0.15) is 22.3 Å². The largest absolute Gasteiger partial charge is 0.456 e. The number of amides is 3. The molecular formula is C31H32N2O8S. The molecule has 3 heterocycles. The molecule has 0 bridgehead atoms. The summed E-state index contributed by atoms with van der Waals surface area (Å²) in [6.07, 6.45) is -1.07. The molecule has 0 fully saturated rings. The summed E-state index contributed by atoms with van der Waals surface area (Å²) < 4.78 is 16.6. The van der Waals surface area contributed by atoms with E-state index in [4.69, 9.17) is 14.2 Å². The maximum Gasteiger partial charge on any atom is 0.397 e. The molecule has 1 atom stereocenters. The molecule has 0 saturated carbocycles. The highest BCUT2D eigenvalue weighted by Crippen LogP contribution is 2.40. The third-order valence-corrected chi connectivity index (χ3v) is 7.75. The molecule has 11 heteroatoms. The Kier molecular flexibility index (Phi) is 7.44. The van der Waals surface area contributed by atoms with Crippen LogP contribution in [0.2, 0.25) is 0 Å². The number of hydrogen-bond acceptors (Lipinski definition) is 9. The molecule has 1 unspecified atom stereocenters. The Hall–Kier alpha value is -4.09. The van der Waals surface area contributed by atoms with E-state index < -0.39 is 47.0 Å². The van der Waals surface area contributed by atoms with E-state index in [-0.39, 0.29) is 30.1 Å². The maximum atomic E-state index is 13.6. The van der Waals surface area contributed by atoms with Crippen LogP contribution >= 0.6 is 11.3 Å². The lowest BCUT2D eigenvalue weighted by Crippen LogP contribution is -2.43. The Morgan fingerprint density at radius 3 is 2.26 bits per heavy atom. The molecule has 2 aliphatic heterocycles. The van der Waals surface area contributed by atoms with E-state index in [0.29, 0.717) is 16.0 Å². The highest BCUT2D eigenvalue weighted by molar-refractivity contribution is 7.17. The van der Waals surface area contributed by atoms with Gasteiger partial charge < -0.3 is 19.5 Å². The SMILES string of the molecule is CC(C)(C)OC(=O)C(=O)Nc1sc2c(c1C(=O)OC(C)(C)C)CC(C(=O)N1Cc3cc4ccccc4cc3C1=O)OC2. The molecule has 220 valence electrons. The number of carbonyl (C=O) groups excluding carboxylic acids is 5. The van der Waals surface area contributed by atoms with Gasteiger partial charge in [0.15, 0.2) is 0 Å². The highest BCUT2D eigenvalue weighted by atomic mass is 32.1. The topological polar surface area (TPSA) is 128 Å². The normalized spacial score (nSPS) is 16.6. The molecule has 3 amide bonds. The molecule has 0 saturated heterocycles. The number of nitrogens with one attached hydrogen (secondary N) is 1. The molecule has 1 aromatic heterocycles. The minimum Gasteiger partial charge on any atom is -0.456 e. The number of nitrogens with zero attached hydrogens (tertiary/aromatic N) is 1. The predicted octanol–water partition coefficient (Wildman–Crippen LogP) is 4.76. The number of anilines is 1. The number of carbonyl (C=O) groups is 5. The van der Waals surface area contributed by atoms with Gasteiger partial charge in [-0.15, -0.1) is 11.3 Å². The lowest BCUT2D eigenvalue weighted by molar-refractivity contribution is -0.161. The first-order valence-electron chi connectivity index (χ1n) is 13.5. The first-order chi connectivity index (χ1) is 19.6. The minimum atomic E-state index is -1.10. The van der Waals surface area contributed by atoms with Crippen LogP contribution < -0.4 is 5.32 Å². The van der Waals surface area contributed by atoms with Crippen LogP contribution in [0.25, 0.3) is 10.8 Å². The van der Waals surface area contributed by atoms with Crippen molar-refractivity contribution in [3.05, 3.63) is 63.5 Å². The predicted molar refractivity (Wildman–Crippen MR) is 155 cm³/mol. The van der Waals surface area contributed by atoms with Crippen molar-refractivity contribution >= 4 is 56.8 Å². The second kappa shape index (κ2) is 10.6. The van der Waals surface area contributed by atoms with Crippen molar-refractivity contribution in [2.75, 3.05) is 5.32 Å². The molecule has 10 nitrogen and oxygen atoms in total. The van der Waals surface area contributed by atoms with Crippen molar-refractivity contribution in [3.63, 3.8) is 0 Å². The number of rotatable bonds is 3. The average molecular weight is 593 g/mol. The van der Waals surface area contributed by atoms with Gasteiger partial charge in [0.25, 0.3) is 11.8 Å². The Balaban J connectivity index is 1.41. The highest BCUT2D eigenvalue weighted by Gasteiger charge is 2.41. The number of ether oxygens (including phenoxy) is 3. The van der Waals surface area contributed by atoms with Gasteiger partial charge in [0.05, 0.1) is 18.7 Å². The number of fused-ring (bicyclic) bond motifs is 3. The van der Waals surface area contributed by atoms with E-state index in [1.165, 1.54) is 4.90 Å². The van der Waals surface area contributed by atoms with Gasteiger partial charge in [-0.3, -0.25) is 19.3 Å². The summed E-state index contributed by atoms with van der Waals surface area (Å²) in [5.74, 6) is -3.79. The molecule has 0 spiro atoms. The van der Waals surface area contributed by atoms with Gasteiger partial charge in [0.2, 0.25) is 0 Å². The van der Waals surface area contributed by atoms with Gasteiger partial charge in [-0.25, -0.2) is 9.59 Å². The third kappa shape index (κ3) is 5.93. The van der Waals surface area contributed by atoms with Crippen LogP contribution in [0, 0.1) is 0 Å². The standard InChI is InChI=1S/C31H32N2O8S/c1-30(2,3)40-28(37)23-20-13-21(39-15-22(20)42-25(23)32-24(34)29(38)41-31(4,5)6)27(36)33-14-18-11-16-9-7-8-10-17(16)12-19(18)26(33)35/h7-12,21H,13-15H2,1-6H3,(H,32,34). The monoisotopic (exact) mass is 592 g/mol. The van der Waals surface area contributed by atoms with Gasteiger partial charge in [-0.1, -0.05) is 24.3 Å². The maximum absolute atomic E-state index is 13.6. The number of hydrogen-bond donors (Lipinski definition) is 1. The zero-order chi connectivity index (χ0) is 30.6. The molecular weight excluding hydrogens is 560 g/mol. The van der Waals surface area contributed by atoms with E-state index in [1.807, 2.05) is 30.3 Å². The van der Waals surface area contributed by atoms with Crippen molar-refractivity contribution in [2.24, 2.45) is 0 Å². The van der Waals surface area contributed by atoms with Crippen LogP contribution in [-0.2, 0) is 48.2 Å². The Labute approximate surface area is 246 Å². The van der Waals surface area contributed by atoms with Crippen LogP contribution in [-0.4, -0.2) is 51.9 Å². The summed E-state index contributed by atoms with van der Waals surface area (Å²) in [6.45, 7) is 10.1. The van der Waals surface area contributed by atoms with Gasteiger partial charge in [-0.05, 0) is 75.6 Å². The van der Waals surface area contributed by atoms with E-state index in [0.717, 1.165) is 27.7 Å². The summed E-state index contributed by atoms with van der Waals surface area (Å²) in [4.78, 5) is 67.1. The van der Waals surface area contributed by atoms with Crippen molar-refractivity contribution in [1.82, 2.24) is 4.90 Å². The molecule has 0 aliphatic carbocycles. The second-order valence-corrected chi connectivity index (χ2v) is 13.4. The van der Waals surface area contributed by atoms with Gasteiger partial charge in [-0.2, -0.15) is 0 Å². The molecule has 5 rings (SSSR count). The van der Waals surface area contributed by atoms with Crippen molar-refractivity contribution in [2.45, 2.75) is 78.4 Å². The van der Waals surface area contributed by atoms with E-state index >= 15 is 0 Å². The summed E-state index contributed by atoms with van der Waals surface area (Å²) in [7, 11) is 0. The second-order valence-electron chi connectivity index (χ2n) is 12.3. The van der Waals surface area contributed by atoms with E-state index in [1.54, 1.807) is 47.6 Å². The first kappa shape index (κ1) is 29.4. The Morgan fingerprint density at radius 1 is 0.976 bits per heavy atom. The average Bonchev–Trinajstić information content (AvgIpc) is 3.41. The van der Waals surface area contributed by atoms with Gasteiger partial charge >= 0.3 is 17.8 Å². The van der Waals surface area contributed by atoms with Gasteiger partial charge in [0, 0.05) is 16.9 Å².